The van der Waals surface area contributed by atoms with E-state index < -0.39 is 5.97 Å². The van der Waals surface area contributed by atoms with Crippen molar-refractivity contribution < 1.29 is 9.90 Å². The quantitative estimate of drug-likeness (QED) is 0.940. The Morgan fingerprint density at radius 2 is 2.20 bits per heavy atom. The molecule has 1 saturated heterocycles. The molecule has 0 spiro atoms. The van der Waals surface area contributed by atoms with E-state index in [1.807, 2.05) is 18.2 Å². The molecule has 1 aromatic heterocycles. The summed E-state index contributed by atoms with van der Waals surface area (Å²) in [5.74, 6) is -0.903. The molecule has 1 aromatic carbocycles. The highest BCUT2D eigenvalue weighted by molar-refractivity contribution is 7.09. The van der Waals surface area contributed by atoms with E-state index in [9.17, 15) is 4.79 Å². The molecule has 1 aliphatic rings. The fraction of sp³-hybridized carbons (Fsp3) is 0.333. The summed E-state index contributed by atoms with van der Waals surface area (Å²) in [7, 11) is 0. The highest BCUT2D eigenvalue weighted by atomic mass is 32.1. The van der Waals surface area contributed by atoms with Gasteiger partial charge in [-0.25, -0.2) is 4.98 Å². The van der Waals surface area contributed by atoms with Gasteiger partial charge in [-0.3, -0.25) is 9.69 Å². The van der Waals surface area contributed by atoms with Crippen molar-refractivity contribution in [2.45, 2.75) is 13.0 Å². The van der Waals surface area contributed by atoms with Crippen molar-refractivity contribution in [1.82, 2.24) is 9.88 Å². The van der Waals surface area contributed by atoms with Crippen LogP contribution in [0.15, 0.2) is 35.7 Å². The summed E-state index contributed by atoms with van der Waals surface area (Å²) in [6.07, 6.45) is 0.742. The zero-order valence-electron chi connectivity index (χ0n) is 11.0. The number of carboxylic acid groups (broad SMARTS) is 1. The Bertz CT molecular complexity index is 597. The standard InChI is InChI=1S/C15H16N2O2S/c18-15(19)12-6-7-17(8-12)9-14-16-13(10-20-14)11-4-2-1-3-5-11/h1-5,10,12H,6-9H2,(H,18,19). The van der Waals surface area contributed by atoms with E-state index >= 15 is 0 Å². The molecule has 3 rings (SSSR count). The number of thiazole rings is 1. The zero-order valence-corrected chi connectivity index (χ0v) is 11.8. The maximum Gasteiger partial charge on any atom is 0.307 e. The molecule has 1 fully saturated rings. The van der Waals surface area contributed by atoms with Crippen molar-refractivity contribution in [2.75, 3.05) is 13.1 Å². The highest BCUT2D eigenvalue weighted by Gasteiger charge is 2.28. The number of aromatic nitrogens is 1. The number of aliphatic carboxylic acids is 1. The van der Waals surface area contributed by atoms with E-state index in [0.29, 0.717) is 6.54 Å². The second kappa shape index (κ2) is 5.73. The maximum absolute atomic E-state index is 10.9. The van der Waals surface area contributed by atoms with Crippen LogP contribution in [0, 0.1) is 5.92 Å². The molecule has 2 heterocycles. The van der Waals surface area contributed by atoms with E-state index in [4.69, 9.17) is 5.11 Å². The van der Waals surface area contributed by atoms with Gasteiger partial charge in [-0.05, 0) is 13.0 Å². The first-order chi connectivity index (χ1) is 9.72. The predicted octanol–water partition coefficient (Wildman–Crippen LogP) is 2.72. The first kappa shape index (κ1) is 13.3. The first-order valence-electron chi connectivity index (χ1n) is 6.67. The minimum Gasteiger partial charge on any atom is -0.481 e. The van der Waals surface area contributed by atoms with Crippen LogP contribution >= 0.6 is 11.3 Å². The predicted molar refractivity (Wildman–Crippen MR) is 78.6 cm³/mol. The summed E-state index contributed by atoms with van der Waals surface area (Å²) in [5.41, 5.74) is 2.12. The average molecular weight is 288 g/mol. The number of hydrogen-bond donors (Lipinski definition) is 1. The van der Waals surface area contributed by atoms with Crippen molar-refractivity contribution in [2.24, 2.45) is 5.92 Å². The van der Waals surface area contributed by atoms with Crippen LogP contribution in [0.5, 0.6) is 0 Å². The Hall–Kier alpha value is -1.72. The number of rotatable bonds is 4. The normalized spacial score (nSPS) is 19.3. The number of benzene rings is 1. The molecule has 1 N–H and O–H groups in total. The van der Waals surface area contributed by atoms with Crippen LogP contribution in [0.1, 0.15) is 11.4 Å². The summed E-state index contributed by atoms with van der Waals surface area (Å²) in [5, 5.41) is 12.1. The molecule has 20 heavy (non-hydrogen) atoms. The Morgan fingerprint density at radius 3 is 2.90 bits per heavy atom. The lowest BCUT2D eigenvalue weighted by molar-refractivity contribution is -0.141. The minimum absolute atomic E-state index is 0.219. The van der Waals surface area contributed by atoms with Gasteiger partial charge >= 0.3 is 5.97 Å². The summed E-state index contributed by atoms with van der Waals surface area (Å²) in [6.45, 7) is 2.23. The van der Waals surface area contributed by atoms with E-state index in [1.54, 1.807) is 11.3 Å². The number of carboxylic acids is 1. The third-order valence-corrected chi connectivity index (χ3v) is 4.44. The van der Waals surface area contributed by atoms with Crippen molar-refractivity contribution >= 4 is 17.3 Å². The second-order valence-electron chi connectivity index (χ2n) is 5.05. The lowest BCUT2D eigenvalue weighted by atomic mass is 10.1. The summed E-state index contributed by atoms with van der Waals surface area (Å²) in [4.78, 5) is 17.8. The van der Waals surface area contributed by atoms with Gasteiger partial charge in [-0.15, -0.1) is 11.3 Å². The first-order valence-corrected chi connectivity index (χ1v) is 7.55. The Balaban J connectivity index is 1.65. The highest BCUT2D eigenvalue weighted by Crippen LogP contribution is 2.24. The summed E-state index contributed by atoms with van der Waals surface area (Å²) < 4.78 is 0. The van der Waals surface area contributed by atoms with Crippen LogP contribution < -0.4 is 0 Å². The van der Waals surface area contributed by atoms with Crippen molar-refractivity contribution in [3.05, 3.63) is 40.7 Å². The number of hydrogen-bond acceptors (Lipinski definition) is 4. The van der Waals surface area contributed by atoms with Crippen LogP contribution in [0.25, 0.3) is 11.3 Å². The maximum atomic E-state index is 10.9. The van der Waals surface area contributed by atoms with Gasteiger partial charge < -0.3 is 5.11 Å². The van der Waals surface area contributed by atoms with Crippen LogP contribution in [0.3, 0.4) is 0 Å². The lowest BCUT2D eigenvalue weighted by Gasteiger charge is -2.12. The summed E-state index contributed by atoms with van der Waals surface area (Å²) in [6, 6.07) is 10.1. The lowest BCUT2D eigenvalue weighted by Crippen LogP contribution is -2.22. The van der Waals surface area contributed by atoms with E-state index in [0.717, 1.165) is 35.8 Å². The molecule has 1 aliphatic heterocycles. The average Bonchev–Trinajstić information content (AvgIpc) is 3.10. The number of likely N-dealkylation sites (tertiary alicyclic amines) is 1. The molecule has 0 bridgehead atoms. The Morgan fingerprint density at radius 1 is 1.40 bits per heavy atom. The zero-order chi connectivity index (χ0) is 13.9. The molecule has 0 amide bonds. The number of nitrogens with zero attached hydrogens (tertiary/aromatic N) is 2. The molecular formula is C15H16N2O2S. The molecule has 104 valence electrons. The van der Waals surface area contributed by atoms with Crippen LogP contribution in [-0.2, 0) is 11.3 Å². The van der Waals surface area contributed by atoms with Gasteiger partial charge in [0.05, 0.1) is 18.2 Å². The molecule has 2 aromatic rings. The van der Waals surface area contributed by atoms with E-state index in [1.165, 1.54) is 0 Å². The second-order valence-corrected chi connectivity index (χ2v) is 5.99. The molecule has 0 aliphatic carbocycles. The van der Waals surface area contributed by atoms with Gasteiger partial charge in [-0.1, -0.05) is 30.3 Å². The fourth-order valence-electron chi connectivity index (χ4n) is 2.49. The van der Waals surface area contributed by atoms with Crippen LogP contribution in [0.2, 0.25) is 0 Å². The molecule has 1 atom stereocenters. The third kappa shape index (κ3) is 2.89. The molecule has 4 nitrogen and oxygen atoms in total. The van der Waals surface area contributed by atoms with Gasteiger partial charge in [0.2, 0.25) is 0 Å². The largest absolute Gasteiger partial charge is 0.481 e. The van der Waals surface area contributed by atoms with E-state index in [2.05, 4.69) is 27.4 Å². The Labute approximate surface area is 121 Å². The van der Waals surface area contributed by atoms with Gasteiger partial charge in [0.25, 0.3) is 0 Å². The van der Waals surface area contributed by atoms with Gasteiger partial charge in [0, 0.05) is 17.5 Å². The smallest absolute Gasteiger partial charge is 0.307 e. The number of carbonyl (C=O) groups is 1. The van der Waals surface area contributed by atoms with E-state index in [-0.39, 0.29) is 5.92 Å². The van der Waals surface area contributed by atoms with Crippen molar-refractivity contribution in [3.63, 3.8) is 0 Å². The van der Waals surface area contributed by atoms with Gasteiger partial charge in [0.15, 0.2) is 0 Å². The van der Waals surface area contributed by atoms with Crippen LogP contribution in [0.4, 0.5) is 0 Å². The van der Waals surface area contributed by atoms with Gasteiger partial charge in [-0.2, -0.15) is 0 Å². The van der Waals surface area contributed by atoms with Crippen molar-refractivity contribution in [1.29, 1.82) is 0 Å². The molecule has 1 unspecified atom stereocenters. The summed E-state index contributed by atoms with van der Waals surface area (Å²) >= 11 is 1.64. The fourth-order valence-corrected chi connectivity index (χ4v) is 3.34. The molecule has 0 saturated carbocycles. The van der Waals surface area contributed by atoms with Gasteiger partial charge in [0.1, 0.15) is 5.01 Å². The SMILES string of the molecule is O=C(O)C1CCN(Cc2nc(-c3ccccc3)cs2)C1. The minimum atomic E-state index is -0.684. The third-order valence-electron chi connectivity index (χ3n) is 3.60. The monoisotopic (exact) mass is 288 g/mol. The Kier molecular flexibility index (Phi) is 3.80. The van der Waals surface area contributed by atoms with Crippen molar-refractivity contribution in [3.8, 4) is 11.3 Å². The van der Waals surface area contributed by atoms with Crippen LogP contribution in [-0.4, -0.2) is 34.0 Å². The molecular weight excluding hydrogens is 272 g/mol. The molecule has 0 radical (unpaired) electrons. The topological polar surface area (TPSA) is 53.4 Å². The molecule has 5 heteroatoms.